The summed E-state index contributed by atoms with van der Waals surface area (Å²) < 4.78 is 37.9. The van der Waals surface area contributed by atoms with Gasteiger partial charge in [-0.25, -0.2) is 9.97 Å². The average Bonchev–Trinajstić information content (AvgIpc) is 2.68. The molecule has 3 rings (SSSR count). The van der Waals surface area contributed by atoms with Crippen LogP contribution in [0.2, 0.25) is 10.0 Å². The average molecular weight is 448 g/mol. The number of amides is 1. The number of hydrogen-bond donors (Lipinski definition) is 2. The van der Waals surface area contributed by atoms with Gasteiger partial charge in [0, 0.05) is 36.6 Å². The molecular weight excluding hydrogens is 434 g/mol. The lowest BCUT2D eigenvalue weighted by Crippen LogP contribution is -2.35. The van der Waals surface area contributed by atoms with Gasteiger partial charge in [0.2, 0.25) is 11.7 Å². The van der Waals surface area contributed by atoms with E-state index < -0.39 is 29.4 Å². The van der Waals surface area contributed by atoms with Gasteiger partial charge in [-0.15, -0.1) is 0 Å². The third-order valence-corrected chi connectivity index (χ3v) is 5.32. The number of aryl methyl sites for hydroxylation is 1. The Labute approximate surface area is 173 Å². The molecule has 1 aromatic carbocycles. The van der Waals surface area contributed by atoms with Crippen molar-refractivity contribution in [2.75, 3.05) is 6.54 Å². The summed E-state index contributed by atoms with van der Waals surface area (Å²) in [4.78, 5) is 20.6. The van der Waals surface area contributed by atoms with E-state index in [-0.39, 0.29) is 34.4 Å². The van der Waals surface area contributed by atoms with E-state index in [1.807, 2.05) is 0 Å². The van der Waals surface area contributed by atoms with Crippen LogP contribution < -0.4 is 0 Å². The molecule has 0 radical (unpaired) electrons. The van der Waals surface area contributed by atoms with E-state index in [9.17, 15) is 28.2 Å². The maximum absolute atomic E-state index is 12.6. The molecule has 2 aromatic rings. The Kier molecular flexibility index (Phi) is 5.64. The van der Waals surface area contributed by atoms with Crippen molar-refractivity contribution in [3.05, 3.63) is 50.5 Å². The molecule has 0 bridgehead atoms. The Morgan fingerprint density at radius 1 is 1.21 bits per heavy atom. The summed E-state index contributed by atoms with van der Waals surface area (Å²) in [6.45, 7) is 1.71. The number of benzene rings is 1. The van der Waals surface area contributed by atoms with Crippen LogP contribution in [0.1, 0.15) is 28.2 Å². The van der Waals surface area contributed by atoms with Crippen LogP contribution in [0.15, 0.2) is 12.3 Å². The number of aromatic nitrogens is 2. The lowest BCUT2D eigenvalue weighted by atomic mass is 9.98. The number of phenols is 2. The Hall–Kier alpha value is -2.52. The molecule has 1 amide bonds. The van der Waals surface area contributed by atoms with Crippen LogP contribution in [0.5, 0.6) is 11.5 Å². The maximum atomic E-state index is 12.6. The normalized spacial score (nSPS) is 14.3. The minimum absolute atomic E-state index is 0.0120. The summed E-state index contributed by atoms with van der Waals surface area (Å²) in [5, 5.41) is 19.5. The number of hydrogen-bond acceptors (Lipinski definition) is 5. The highest BCUT2D eigenvalue weighted by molar-refractivity contribution is 6.36. The molecule has 0 unspecified atom stereocenters. The van der Waals surface area contributed by atoms with Crippen LogP contribution in [-0.2, 0) is 23.9 Å². The van der Waals surface area contributed by atoms with Gasteiger partial charge in [-0.05, 0) is 30.5 Å². The number of rotatable bonds is 2. The highest BCUT2D eigenvalue weighted by atomic mass is 35.5. The second-order valence-electron chi connectivity index (χ2n) is 6.36. The number of phenolic OH excluding ortho intramolecular Hbond substituents is 2. The predicted octanol–water partition coefficient (Wildman–Crippen LogP) is 4.12. The Morgan fingerprint density at radius 2 is 1.83 bits per heavy atom. The smallest absolute Gasteiger partial charge is 0.451 e. The number of carbonyl (C=O) groups is 1. The van der Waals surface area contributed by atoms with Crippen molar-refractivity contribution in [1.82, 2.24) is 14.9 Å². The number of fused-ring (bicyclic) bond motifs is 1. The molecule has 29 heavy (non-hydrogen) atoms. The first kappa shape index (κ1) is 21.2. The van der Waals surface area contributed by atoms with Crippen molar-refractivity contribution in [3.63, 3.8) is 0 Å². The standard InChI is InChI=1S/C18H14Cl2F3N3O3/c1-8-9(6-24-17(25-8)18(21,22)23)2-3-12(27)26-5-4-10-11(7-26)14(20)16(29)15(28)13(10)19/h2-3,6,28-29H,4-5,7H2,1H3/b3-2+. The fourth-order valence-corrected chi connectivity index (χ4v) is 3.49. The molecule has 0 aliphatic carbocycles. The molecule has 2 heterocycles. The first-order valence-corrected chi connectivity index (χ1v) is 9.04. The van der Waals surface area contributed by atoms with Crippen molar-refractivity contribution in [2.45, 2.75) is 26.1 Å². The van der Waals surface area contributed by atoms with Crippen LogP contribution in [0.3, 0.4) is 0 Å². The lowest BCUT2D eigenvalue weighted by molar-refractivity contribution is -0.145. The lowest BCUT2D eigenvalue weighted by Gasteiger charge is -2.30. The van der Waals surface area contributed by atoms with Crippen LogP contribution in [0, 0.1) is 6.92 Å². The van der Waals surface area contributed by atoms with Gasteiger partial charge >= 0.3 is 6.18 Å². The molecule has 154 valence electrons. The molecule has 1 aromatic heterocycles. The van der Waals surface area contributed by atoms with Gasteiger partial charge in [-0.2, -0.15) is 13.2 Å². The Balaban J connectivity index is 1.80. The molecule has 0 spiro atoms. The molecule has 0 saturated carbocycles. The minimum Gasteiger partial charge on any atom is -0.503 e. The largest absolute Gasteiger partial charge is 0.503 e. The number of nitrogens with zero attached hydrogens (tertiary/aromatic N) is 3. The fourth-order valence-electron chi connectivity index (χ4n) is 2.93. The zero-order chi connectivity index (χ0) is 21.5. The second-order valence-corrected chi connectivity index (χ2v) is 7.11. The fraction of sp³-hybridized carbons (Fsp3) is 0.278. The predicted molar refractivity (Wildman–Crippen MR) is 99.7 cm³/mol. The van der Waals surface area contributed by atoms with Crippen LogP contribution in [-0.4, -0.2) is 37.5 Å². The van der Waals surface area contributed by atoms with E-state index in [4.69, 9.17) is 23.2 Å². The molecule has 0 atom stereocenters. The monoisotopic (exact) mass is 447 g/mol. The van der Waals surface area contributed by atoms with E-state index >= 15 is 0 Å². The highest BCUT2D eigenvalue weighted by Gasteiger charge is 2.34. The van der Waals surface area contributed by atoms with Gasteiger partial charge < -0.3 is 15.1 Å². The van der Waals surface area contributed by atoms with Gasteiger partial charge in [-0.3, -0.25) is 4.79 Å². The molecule has 6 nitrogen and oxygen atoms in total. The van der Waals surface area contributed by atoms with Gasteiger partial charge in [0.05, 0.1) is 10.0 Å². The zero-order valence-corrected chi connectivity index (χ0v) is 16.4. The van der Waals surface area contributed by atoms with E-state index in [1.165, 1.54) is 24.0 Å². The Morgan fingerprint density at radius 3 is 2.41 bits per heavy atom. The van der Waals surface area contributed by atoms with Crippen molar-refractivity contribution >= 4 is 35.2 Å². The third kappa shape index (κ3) is 4.11. The molecule has 1 aliphatic rings. The van der Waals surface area contributed by atoms with Crippen molar-refractivity contribution in [2.24, 2.45) is 0 Å². The molecule has 0 saturated heterocycles. The summed E-state index contributed by atoms with van der Waals surface area (Å²) in [5.74, 6) is -2.74. The summed E-state index contributed by atoms with van der Waals surface area (Å²) in [7, 11) is 0. The van der Waals surface area contributed by atoms with Crippen molar-refractivity contribution < 1.29 is 28.2 Å². The molecule has 11 heteroatoms. The molecule has 0 fully saturated rings. The summed E-state index contributed by atoms with van der Waals surface area (Å²) in [6.07, 6.45) is -0.817. The van der Waals surface area contributed by atoms with E-state index in [1.54, 1.807) is 0 Å². The van der Waals surface area contributed by atoms with Crippen LogP contribution in [0.25, 0.3) is 6.08 Å². The van der Waals surface area contributed by atoms with Gasteiger partial charge in [-0.1, -0.05) is 23.2 Å². The summed E-state index contributed by atoms with van der Waals surface area (Å²) in [5.41, 5.74) is 1.32. The van der Waals surface area contributed by atoms with Gasteiger partial charge in [0.25, 0.3) is 0 Å². The SMILES string of the molecule is Cc1nc(C(F)(F)F)ncc1/C=C/C(=O)N1CCc2c(Cl)c(O)c(O)c(Cl)c2C1. The number of alkyl halides is 3. The molecule has 2 N–H and O–H groups in total. The van der Waals surface area contributed by atoms with E-state index in [0.29, 0.717) is 17.5 Å². The number of carbonyl (C=O) groups excluding carboxylic acids is 1. The highest BCUT2D eigenvalue weighted by Crippen LogP contribution is 2.46. The topological polar surface area (TPSA) is 86.6 Å². The van der Waals surface area contributed by atoms with E-state index in [2.05, 4.69) is 9.97 Å². The van der Waals surface area contributed by atoms with Crippen molar-refractivity contribution in [1.29, 1.82) is 0 Å². The summed E-state index contributed by atoms with van der Waals surface area (Å²) >= 11 is 12.1. The third-order valence-electron chi connectivity index (χ3n) is 4.50. The quantitative estimate of drug-likeness (QED) is 0.534. The Bertz CT molecular complexity index is 1030. The molecule has 1 aliphatic heterocycles. The second kappa shape index (κ2) is 7.72. The van der Waals surface area contributed by atoms with Crippen LogP contribution >= 0.6 is 23.2 Å². The van der Waals surface area contributed by atoms with Crippen molar-refractivity contribution in [3.8, 4) is 11.5 Å². The maximum Gasteiger partial charge on any atom is 0.451 e. The van der Waals surface area contributed by atoms with E-state index in [0.717, 1.165) is 6.20 Å². The first-order chi connectivity index (χ1) is 13.5. The minimum atomic E-state index is -4.65. The zero-order valence-electron chi connectivity index (χ0n) is 14.9. The summed E-state index contributed by atoms with van der Waals surface area (Å²) in [6, 6.07) is 0. The van der Waals surface area contributed by atoms with Crippen LogP contribution in [0.4, 0.5) is 13.2 Å². The molecular formula is C18H14Cl2F3N3O3. The van der Waals surface area contributed by atoms with Gasteiger partial charge in [0.15, 0.2) is 11.5 Å². The number of aromatic hydroxyl groups is 2. The first-order valence-electron chi connectivity index (χ1n) is 8.29. The number of halogens is 5. The van der Waals surface area contributed by atoms with Gasteiger partial charge in [0.1, 0.15) is 0 Å².